The van der Waals surface area contributed by atoms with Crippen LogP contribution in [-0.4, -0.2) is 24.2 Å². The van der Waals surface area contributed by atoms with Crippen LogP contribution in [0.4, 0.5) is 5.69 Å². The summed E-state index contributed by atoms with van der Waals surface area (Å²) >= 11 is 6.66. The highest BCUT2D eigenvalue weighted by atomic mass is 35.5. The number of benzene rings is 2. The number of halogens is 1. The number of nitrogens with two attached hydrogens (primary N) is 1. The molecule has 1 aliphatic carbocycles. The van der Waals surface area contributed by atoms with Crippen molar-refractivity contribution in [3.8, 4) is 5.75 Å². The first-order chi connectivity index (χ1) is 14.0. The summed E-state index contributed by atoms with van der Waals surface area (Å²) in [6.45, 7) is 0. The van der Waals surface area contributed by atoms with E-state index in [-0.39, 0.29) is 12.5 Å². The van der Waals surface area contributed by atoms with E-state index < -0.39 is 12.0 Å². The van der Waals surface area contributed by atoms with Gasteiger partial charge in [-0.1, -0.05) is 49.1 Å². The summed E-state index contributed by atoms with van der Waals surface area (Å²) in [6, 6.07) is 12.4. The molecule has 0 spiro atoms. The van der Waals surface area contributed by atoms with Crippen molar-refractivity contribution in [2.75, 3.05) is 12.4 Å². The highest BCUT2D eigenvalue weighted by molar-refractivity contribution is 6.31. The molecule has 29 heavy (non-hydrogen) atoms. The maximum atomic E-state index is 11.3. The Labute approximate surface area is 177 Å². The van der Waals surface area contributed by atoms with Gasteiger partial charge < -0.3 is 20.9 Å². The van der Waals surface area contributed by atoms with Crippen molar-refractivity contribution < 1.29 is 14.6 Å². The Kier molecular flexibility index (Phi) is 7.40. The fraction of sp³-hybridized carbons (Fsp3) is 0.435. The first-order valence-corrected chi connectivity index (χ1v) is 10.5. The van der Waals surface area contributed by atoms with Crippen LogP contribution in [-0.2, 0) is 4.79 Å². The zero-order valence-electron chi connectivity index (χ0n) is 16.7. The van der Waals surface area contributed by atoms with Gasteiger partial charge in [-0.3, -0.25) is 4.79 Å². The summed E-state index contributed by atoms with van der Waals surface area (Å²) in [7, 11) is 1.61. The largest absolute Gasteiger partial charge is 0.497 e. The number of rotatable bonds is 8. The van der Waals surface area contributed by atoms with Gasteiger partial charge in [0.15, 0.2) is 0 Å². The molecule has 0 radical (unpaired) electrons. The van der Waals surface area contributed by atoms with Crippen LogP contribution in [0.2, 0.25) is 5.02 Å². The molecule has 3 rings (SSSR count). The van der Waals surface area contributed by atoms with Gasteiger partial charge in [0.1, 0.15) is 11.8 Å². The predicted molar refractivity (Wildman–Crippen MR) is 117 cm³/mol. The third kappa shape index (κ3) is 5.64. The standard InChI is InChI=1S/C23H29ClN2O3/c1-29-18-9-5-8-17(13-18)26-22(14-21(25)23(27)28)16-10-11-19(20(24)12-16)15-6-3-2-4-7-15/h5,8-13,15,21-22,26H,2-4,6-7,14,25H2,1H3,(H,27,28). The van der Waals surface area contributed by atoms with Gasteiger partial charge in [0.05, 0.1) is 13.2 Å². The van der Waals surface area contributed by atoms with Gasteiger partial charge in [-0.25, -0.2) is 0 Å². The molecular formula is C23H29ClN2O3. The molecule has 0 amide bonds. The van der Waals surface area contributed by atoms with E-state index in [1.165, 1.54) is 37.7 Å². The van der Waals surface area contributed by atoms with Crippen molar-refractivity contribution in [1.29, 1.82) is 0 Å². The SMILES string of the molecule is COc1cccc(NC(CC(N)C(=O)O)c2ccc(C3CCCCC3)c(Cl)c2)c1. The second-order valence-electron chi connectivity index (χ2n) is 7.73. The Hall–Kier alpha value is -2.24. The smallest absolute Gasteiger partial charge is 0.320 e. The van der Waals surface area contributed by atoms with E-state index in [1.807, 2.05) is 36.4 Å². The number of carboxylic acid groups (broad SMARTS) is 1. The van der Waals surface area contributed by atoms with Crippen LogP contribution < -0.4 is 15.8 Å². The van der Waals surface area contributed by atoms with E-state index in [4.69, 9.17) is 22.1 Å². The molecule has 1 fully saturated rings. The van der Waals surface area contributed by atoms with Gasteiger partial charge in [0, 0.05) is 16.8 Å². The lowest BCUT2D eigenvalue weighted by Crippen LogP contribution is -2.33. The van der Waals surface area contributed by atoms with Crippen LogP contribution in [0.3, 0.4) is 0 Å². The Morgan fingerprint density at radius 3 is 2.66 bits per heavy atom. The van der Waals surface area contributed by atoms with Crippen molar-refractivity contribution in [2.24, 2.45) is 5.73 Å². The second kappa shape index (κ2) is 9.99. The molecule has 5 nitrogen and oxygen atoms in total. The Morgan fingerprint density at radius 2 is 2.00 bits per heavy atom. The average molecular weight is 417 g/mol. The fourth-order valence-electron chi connectivity index (χ4n) is 4.05. The molecule has 2 atom stereocenters. The van der Waals surface area contributed by atoms with Crippen molar-refractivity contribution in [2.45, 2.75) is 56.5 Å². The second-order valence-corrected chi connectivity index (χ2v) is 8.13. The monoisotopic (exact) mass is 416 g/mol. The topological polar surface area (TPSA) is 84.6 Å². The minimum Gasteiger partial charge on any atom is -0.497 e. The molecule has 4 N–H and O–H groups in total. The number of hydrogen-bond donors (Lipinski definition) is 3. The van der Waals surface area contributed by atoms with Gasteiger partial charge in [-0.15, -0.1) is 0 Å². The van der Waals surface area contributed by atoms with E-state index in [9.17, 15) is 9.90 Å². The van der Waals surface area contributed by atoms with Crippen molar-refractivity contribution in [3.63, 3.8) is 0 Å². The van der Waals surface area contributed by atoms with Crippen LogP contribution in [0, 0.1) is 0 Å². The maximum absolute atomic E-state index is 11.3. The quantitative estimate of drug-likeness (QED) is 0.540. The summed E-state index contributed by atoms with van der Waals surface area (Å²) in [4.78, 5) is 11.3. The molecule has 0 saturated heterocycles. The van der Waals surface area contributed by atoms with Crippen LogP contribution in [0.5, 0.6) is 5.75 Å². The number of aliphatic carboxylic acids is 1. The molecule has 156 valence electrons. The summed E-state index contributed by atoms with van der Waals surface area (Å²) < 4.78 is 5.28. The van der Waals surface area contributed by atoms with Crippen LogP contribution in [0.25, 0.3) is 0 Å². The molecular weight excluding hydrogens is 388 g/mol. The van der Waals surface area contributed by atoms with Crippen LogP contribution in [0.15, 0.2) is 42.5 Å². The lowest BCUT2D eigenvalue weighted by atomic mass is 9.83. The van der Waals surface area contributed by atoms with E-state index in [2.05, 4.69) is 11.4 Å². The molecule has 2 aromatic carbocycles. The van der Waals surface area contributed by atoms with Gasteiger partial charge in [-0.05, 0) is 54.5 Å². The summed E-state index contributed by atoms with van der Waals surface area (Å²) in [6.07, 6.45) is 6.38. The normalized spacial score (nSPS) is 16.8. The number of methoxy groups -OCH3 is 1. The maximum Gasteiger partial charge on any atom is 0.320 e. The highest BCUT2D eigenvalue weighted by Gasteiger charge is 2.23. The molecule has 6 heteroatoms. The Morgan fingerprint density at radius 1 is 1.24 bits per heavy atom. The van der Waals surface area contributed by atoms with E-state index in [1.54, 1.807) is 7.11 Å². The van der Waals surface area contributed by atoms with Gasteiger partial charge in [0.2, 0.25) is 0 Å². The summed E-state index contributed by atoms with van der Waals surface area (Å²) in [5, 5.41) is 13.4. The number of ether oxygens (including phenoxy) is 1. The van der Waals surface area contributed by atoms with Gasteiger partial charge in [-0.2, -0.15) is 0 Å². The number of hydrogen-bond acceptors (Lipinski definition) is 4. The van der Waals surface area contributed by atoms with E-state index in [0.717, 1.165) is 22.0 Å². The number of anilines is 1. The third-order valence-electron chi connectivity index (χ3n) is 5.69. The molecule has 0 aromatic heterocycles. The van der Waals surface area contributed by atoms with Crippen molar-refractivity contribution >= 4 is 23.3 Å². The Balaban J connectivity index is 1.86. The molecule has 2 unspecified atom stereocenters. The molecule has 1 saturated carbocycles. The lowest BCUT2D eigenvalue weighted by molar-refractivity contribution is -0.138. The fourth-order valence-corrected chi connectivity index (χ4v) is 4.40. The van der Waals surface area contributed by atoms with Crippen molar-refractivity contribution in [1.82, 2.24) is 0 Å². The summed E-state index contributed by atoms with van der Waals surface area (Å²) in [5.41, 5.74) is 8.80. The molecule has 0 bridgehead atoms. The first-order valence-electron chi connectivity index (χ1n) is 10.2. The predicted octanol–water partition coefficient (Wildman–Crippen LogP) is 5.35. The minimum atomic E-state index is -1.02. The molecule has 0 heterocycles. The minimum absolute atomic E-state index is 0.242. The number of nitrogens with one attached hydrogen (secondary N) is 1. The zero-order valence-corrected chi connectivity index (χ0v) is 17.5. The molecule has 2 aromatic rings. The van der Waals surface area contributed by atoms with Crippen LogP contribution >= 0.6 is 11.6 Å². The third-order valence-corrected chi connectivity index (χ3v) is 6.02. The lowest BCUT2D eigenvalue weighted by Gasteiger charge is -2.26. The van der Waals surface area contributed by atoms with E-state index >= 15 is 0 Å². The summed E-state index contributed by atoms with van der Waals surface area (Å²) in [5.74, 6) is 0.214. The zero-order chi connectivity index (χ0) is 20.8. The van der Waals surface area contributed by atoms with Gasteiger partial charge >= 0.3 is 5.97 Å². The highest BCUT2D eigenvalue weighted by Crippen LogP contribution is 2.38. The Bertz CT molecular complexity index is 837. The number of carboxylic acids is 1. The van der Waals surface area contributed by atoms with Gasteiger partial charge in [0.25, 0.3) is 0 Å². The van der Waals surface area contributed by atoms with E-state index in [0.29, 0.717) is 5.92 Å². The van der Waals surface area contributed by atoms with Crippen molar-refractivity contribution in [3.05, 3.63) is 58.6 Å². The van der Waals surface area contributed by atoms with Crippen LogP contribution in [0.1, 0.15) is 61.6 Å². The first kappa shape index (κ1) is 21.5. The average Bonchev–Trinajstić information content (AvgIpc) is 2.73. The molecule has 1 aliphatic rings. The number of carbonyl (C=O) groups is 1. The molecule has 0 aliphatic heterocycles.